The van der Waals surface area contributed by atoms with E-state index in [0.717, 1.165) is 18.4 Å². The molecule has 1 amide bonds. The minimum Gasteiger partial charge on any atom is -0.367 e. The van der Waals surface area contributed by atoms with Gasteiger partial charge in [-0.3, -0.25) is 4.79 Å². The Kier molecular flexibility index (Phi) is 4.90. The van der Waals surface area contributed by atoms with Crippen LogP contribution in [0.15, 0.2) is 18.5 Å². The third kappa shape index (κ3) is 4.16. The van der Waals surface area contributed by atoms with Crippen molar-refractivity contribution in [3.8, 4) is 0 Å². The van der Waals surface area contributed by atoms with Crippen LogP contribution in [0.25, 0.3) is 0 Å². The maximum absolute atomic E-state index is 11.6. The van der Waals surface area contributed by atoms with Gasteiger partial charge < -0.3 is 16.0 Å². The molecule has 0 bridgehead atoms. The van der Waals surface area contributed by atoms with Crippen LogP contribution in [0.4, 0.5) is 0 Å². The summed E-state index contributed by atoms with van der Waals surface area (Å²) in [5.41, 5.74) is 6.48. The van der Waals surface area contributed by atoms with Crippen molar-refractivity contribution in [3.63, 3.8) is 0 Å². The van der Waals surface area contributed by atoms with Crippen LogP contribution in [0.1, 0.15) is 25.3 Å². The third-order valence-electron chi connectivity index (χ3n) is 2.42. The van der Waals surface area contributed by atoms with E-state index in [1.165, 1.54) is 0 Å². The summed E-state index contributed by atoms with van der Waals surface area (Å²) in [5, 5.41) is 2.89. The average molecular weight is 209 g/mol. The first-order chi connectivity index (χ1) is 7.24. The van der Waals surface area contributed by atoms with Gasteiger partial charge in [0.15, 0.2) is 0 Å². The van der Waals surface area contributed by atoms with Gasteiger partial charge in [-0.2, -0.15) is 0 Å². The lowest BCUT2D eigenvalue weighted by Crippen LogP contribution is -2.28. The molecular weight excluding hydrogens is 190 g/mol. The first-order valence-corrected chi connectivity index (χ1v) is 5.33. The lowest BCUT2D eigenvalue weighted by atomic mass is 10.0. The number of carbonyl (C=O) groups is 1. The molecule has 0 saturated heterocycles. The third-order valence-corrected chi connectivity index (χ3v) is 2.42. The minimum atomic E-state index is 0.0486. The molecule has 4 nitrogen and oxygen atoms in total. The molecule has 4 N–H and O–H groups in total. The van der Waals surface area contributed by atoms with E-state index < -0.39 is 0 Å². The Balaban J connectivity index is 2.23. The number of rotatable bonds is 6. The lowest BCUT2D eigenvalue weighted by Gasteiger charge is -2.10. The fourth-order valence-corrected chi connectivity index (χ4v) is 1.39. The van der Waals surface area contributed by atoms with E-state index in [0.29, 0.717) is 13.1 Å². The quantitative estimate of drug-likeness (QED) is 0.654. The summed E-state index contributed by atoms with van der Waals surface area (Å²) in [4.78, 5) is 14.5. The SMILES string of the molecule is CC(CCCN)C(=O)NCc1cc[nH]c1. The zero-order valence-corrected chi connectivity index (χ0v) is 9.12. The highest BCUT2D eigenvalue weighted by molar-refractivity contribution is 5.78. The second kappa shape index (κ2) is 6.24. The van der Waals surface area contributed by atoms with Gasteiger partial charge in [0.25, 0.3) is 0 Å². The van der Waals surface area contributed by atoms with Crippen LogP contribution in [0.5, 0.6) is 0 Å². The first-order valence-electron chi connectivity index (χ1n) is 5.33. The van der Waals surface area contributed by atoms with Crippen molar-refractivity contribution in [2.75, 3.05) is 6.54 Å². The molecule has 0 aliphatic carbocycles. The predicted octanol–water partition coefficient (Wildman–Crippen LogP) is 1.01. The van der Waals surface area contributed by atoms with Crippen molar-refractivity contribution in [3.05, 3.63) is 24.0 Å². The standard InChI is InChI=1S/C11H19N3O/c1-9(3-2-5-12)11(15)14-8-10-4-6-13-7-10/h4,6-7,9,13H,2-3,5,8,12H2,1H3,(H,14,15). The first kappa shape index (κ1) is 11.8. The average Bonchev–Trinajstić information content (AvgIpc) is 2.75. The summed E-state index contributed by atoms with van der Waals surface area (Å²) in [5.74, 6) is 0.150. The molecule has 0 fully saturated rings. The summed E-state index contributed by atoms with van der Waals surface area (Å²) < 4.78 is 0. The van der Waals surface area contributed by atoms with Crippen molar-refractivity contribution < 1.29 is 4.79 Å². The number of H-pyrrole nitrogens is 1. The number of hydrogen-bond donors (Lipinski definition) is 3. The van der Waals surface area contributed by atoms with Gasteiger partial charge in [0.05, 0.1) is 0 Å². The Morgan fingerprint density at radius 3 is 3.07 bits per heavy atom. The molecule has 0 saturated carbocycles. The number of carbonyl (C=O) groups excluding carboxylic acids is 1. The van der Waals surface area contributed by atoms with Crippen molar-refractivity contribution >= 4 is 5.91 Å². The number of hydrogen-bond acceptors (Lipinski definition) is 2. The number of aromatic amines is 1. The molecular formula is C11H19N3O. The van der Waals surface area contributed by atoms with E-state index in [1.807, 2.05) is 25.4 Å². The van der Waals surface area contributed by atoms with Gasteiger partial charge in [-0.1, -0.05) is 6.92 Å². The molecule has 0 aromatic carbocycles. The van der Waals surface area contributed by atoms with Crippen molar-refractivity contribution in [2.45, 2.75) is 26.3 Å². The van der Waals surface area contributed by atoms with Crippen LogP contribution in [0.2, 0.25) is 0 Å². The number of aromatic nitrogens is 1. The molecule has 4 heteroatoms. The van der Waals surface area contributed by atoms with Crippen LogP contribution in [0, 0.1) is 5.92 Å². The Hall–Kier alpha value is -1.29. The summed E-state index contributed by atoms with van der Waals surface area (Å²) in [6.45, 7) is 3.17. The zero-order chi connectivity index (χ0) is 11.1. The van der Waals surface area contributed by atoms with E-state index in [-0.39, 0.29) is 11.8 Å². The highest BCUT2D eigenvalue weighted by atomic mass is 16.1. The summed E-state index contributed by atoms with van der Waals surface area (Å²) in [6, 6.07) is 1.95. The van der Waals surface area contributed by atoms with Crippen LogP contribution in [-0.4, -0.2) is 17.4 Å². The van der Waals surface area contributed by atoms with Gasteiger partial charge >= 0.3 is 0 Å². The molecule has 1 rings (SSSR count). The topological polar surface area (TPSA) is 70.9 Å². The fraction of sp³-hybridized carbons (Fsp3) is 0.545. The minimum absolute atomic E-state index is 0.0486. The molecule has 1 unspecified atom stereocenters. The molecule has 15 heavy (non-hydrogen) atoms. The molecule has 0 spiro atoms. The van der Waals surface area contributed by atoms with E-state index in [1.54, 1.807) is 0 Å². The smallest absolute Gasteiger partial charge is 0.223 e. The largest absolute Gasteiger partial charge is 0.367 e. The van der Waals surface area contributed by atoms with E-state index in [4.69, 9.17) is 5.73 Å². The van der Waals surface area contributed by atoms with Crippen molar-refractivity contribution in [1.29, 1.82) is 0 Å². The fourth-order valence-electron chi connectivity index (χ4n) is 1.39. The second-order valence-electron chi connectivity index (χ2n) is 3.77. The van der Waals surface area contributed by atoms with Crippen LogP contribution in [0.3, 0.4) is 0 Å². The van der Waals surface area contributed by atoms with Gasteiger partial charge in [-0.15, -0.1) is 0 Å². The molecule has 0 radical (unpaired) electrons. The van der Waals surface area contributed by atoms with Crippen LogP contribution >= 0.6 is 0 Å². The van der Waals surface area contributed by atoms with Gasteiger partial charge in [0, 0.05) is 24.9 Å². The van der Waals surface area contributed by atoms with Crippen molar-refractivity contribution in [2.24, 2.45) is 11.7 Å². The van der Waals surface area contributed by atoms with E-state index in [2.05, 4.69) is 10.3 Å². The maximum Gasteiger partial charge on any atom is 0.223 e. The monoisotopic (exact) mass is 209 g/mol. The van der Waals surface area contributed by atoms with E-state index >= 15 is 0 Å². The summed E-state index contributed by atoms with van der Waals surface area (Å²) in [7, 11) is 0. The summed E-state index contributed by atoms with van der Waals surface area (Å²) in [6.07, 6.45) is 5.48. The van der Waals surface area contributed by atoms with Gasteiger partial charge in [-0.25, -0.2) is 0 Å². The van der Waals surface area contributed by atoms with Crippen LogP contribution in [-0.2, 0) is 11.3 Å². The zero-order valence-electron chi connectivity index (χ0n) is 9.12. The number of amides is 1. The Bertz CT molecular complexity index is 282. The Morgan fingerprint density at radius 1 is 1.67 bits per heavy atom. The maximum atomic E-state index is 11.6. The highest BCUT2D eigenvalue weighted by Gasteiger charge is 2.11. The molecule has 1 aromatic heterocycles. The van der Waals surface area contributed by atoms with Gasteiger partial charge in [-0.05, 0) is 31.0 Å². The predicted molar refractivity (Wildman–Crippen MR) is 60.1 cm³/mol. The van der Waals surface area contributed by atoms with E-state index in [9.17, 15) is 4.79 Å². The molecule has 1 atom stereocenters. The second-order valence-corrected chi connectivity index (χ2v) is 3.77. The molecule has 0 aliphatic rings. The van der Waals surface area contributed by atoms with Crippen LogP contribution < -0.4 is 11.1 Å². The number of nitrogens with one attached hydrogen (secondary N) is 2. The Labute approximate surface area is 90.2 Å². The van der Waals surface area contributed by atoms with Crippen molar-refractivity contribution in [1.82, 2.24) is 10.3 Å². The molecule has 1 aromatic rings. The Morgan fingerprint density at radius 2 is 2.47 bits per heavy atom. The molecule has 0 aliphatic heterocycles. The van der Waals surface area contributed by atoms with Gasteiger partial charge in [0.2, 0.25) is 5.91 Å². The lowest BCUT2D eigenvalue weighted by molar-refractivity contribution is -0.124. The highest BCUT2D eigenvalue weighted by Crippen LogP contribution is 2.05. The van der Waals surface area contributed by atoms with Gasteiger partial charge in [0.1, 0.15) is 0 Å². The number of nitrogens with two attached hydrogens (primary N) is 1. The normalized spacial score (nSPS) is 12.4. The summed E-state index contributed by atoms with van der Waals surface area (Å²) >= 11 is 0. The molecule has 1 heterocycles. The molecule has 84 valence electrons.